The van der Waals surface area contributed by atoms with E-state index in [2.05, 4.69) is 0 Å². The molecule has 1 atom stereocenters. The summed E-state index contributed by atoms with van der Waals surface area (Å²) >= 11 is 1.42. The van der Waals surface area contributed by atoms with Gasteiger partial charge in [-0.3, -0.25) is 9.59 Å². The summed E-state index contributed by atoms with van der Waals surface area (Å²) in [6.45, 7) is 2.00. The Morgan fingerprint density at radius 3 is 2.73 bits per heavy atom. The Hall–Kier alpha value is -1.56. The molecule has 0 N–H and O–H groups in total. The maximum Gasteiger partial charge on any atom is 0.233 e. The van der Waals surface area contributed by atoms with Gasteiger partial charge < -0.3 is 9.80 Å². The van der Waals surface area contributed by atoms with Crippen LogP contribution < -0.4 is 0 Å². The molecule has 4 nitrogen and oxygen atoms in total. The molecule has 0 radical (unpaired) electrons. The zero-order chi connectivity index (χ0) is 15.5. The Balaban J connectivity index is 1.66. The van der Waals surface area contributed by atoms with Gasteiger partial charge in [0.25, 0.3) is 0 Å². The second kappa shape index (κ2) is 6.69. The molecule has 0 saturated carbocycles. The number of carbonyl (C=O) groups excluding carboxylic acids is 2. The number of nitrogens with zero attached hydrogens (tertiary/aromatic N) is 2. The topological polar surface area (TPSA) is 40.6 Å². The minimum absolute atomic E-state index is 0.0209. The largest absolute Gasteiger partial charge is 0.343 e. The summed E-state index contributed by atoms with van der Waals surface area (Å²) in [5, 5.41) is -0.319. The van der Waals surface area contributed by atoms with Crippen LogP contribution in [0.1, 0.15) is 30.2 Å². The molecule has 2 saturated heterocycles. The molecular formula is C16H19FN2O2S. The zero-order valence-electron chi connectivity index (χ0n) is 12.3. The average molecular weight is 322 g/mol. The van der Waals surface area contributed by atoms with E-state index in [0.717, 1.165) is 25.9 Å². The Labute approximate surface area is 133 Å². The third-order valence-electron chi connectivity index (χ3n) is 4.16. The van der Waals surface area contributed by atoms with Crippen molar-refractivity contribution >= 4 is 23.6 Å². The lowest BCUT2D eigenvalue weighted by molar-refractivity contribution is -0.132. The summed E-state index contributed by atoms with van der Waals surface area (Å²) in [5.41, 5.74) is 0.520. The van der Waals surface area contributed by atoms with Crippen molar-refractivity contribution in [2.24, 2.45) is 0 Å². The molecule has 0 bridgehead atoms. The van der Waals surface area contributed by atoms with E-state index in [0.29, 0.717) is 24.3 Å². The van der Waals surface area contributed by atoms with Crippen LogP contribution in [0.15, 0.2) is 24.3 Å². The molecule has 1 aromatic rings. The fourth-order valence-electron chi connectivity index (χ4n) is 2.97. The van der Waals surface area contributed by atoms with Gasteiger partial charge in [-0.1, -0.05) is 18.2 Å². The molecular weight excluding hydrogens is 303 g/mol. The minimum Gasteiger partial charge on any atom is -0.343 e. The van der Waals surface area contributed by atoms with E-state index in [-0.39, 0.29) is 23.0 Å². The molecule has 2 amide bonds. The van der Waals surface area contributed by atoms with E-state index >= 15 is 0 Å². The predicted molar refractivity (Wildman–Crippen MR) is 83.7 cm³/mol. The van der Waals surface area contributed by atoms with Gasteiger partial charge in [-0.05, 0) is 18.9 Å². The van der Waals surface area contributed by atoms with Crippen LogP contribution in [0.4, 0.5) is 4.39 Å². The van der Waals surface area contributed by atoms with Gasteiger partial charge in [-0.15, -0.1) is 11.8 Å². The first-order valence-corrected chi connectivity index (χ1v) is 8.65. The Bertz CT molecular complexity index is 575. The zero-order valence-corrected chi connectivity index (χ0v) is 13.2. The summed E-state index contributed by atoms with van der Waals surface area (Å²) in [4.78, 5) is 27.7. The normalized spacial score (nSPS) is 21.7. The van der Waals surface area contributed by atoms with Crippen LogP contribution >= 0.6 is 11.8 Å². The Morgan fingerprint density at radius 2 is 2.00 bits per heavy atom. The van der Waals surface area contributed by atoms with Crippen molar-refractivity contribution in [3.05, 3.63) is 35.6 Å². The Kier molecular flexibility index (Phi) is 4.66. The number of amides is 2. The molecule has 2 aliphatic heterocycles. The lowest BCUT2D eigenvalue weighted by Crippen LogP contribution is -2.35. The summed E-state index contributed by atoms with van der Waals surface area (Å²) in [7, 11) is 0. The van der Waals surface area contributed by atoms with Crippen molar-refractivity contribution in [2.75, 3.05) is 25.4 Å². The number of hydrogen-bond donors (Lipinski definition) is 0. The number of rotatable bonds is 4. The average Bonchev–Trinajstić information content (AvgIpc) is 3.16. The van der Waals surface area contributed by atoms with E-state index in [1.165, 1.54) is 17.8 Å². The van der Waals surface area contributed by atoms with Gasteiger partial charge in [0, 0.05) is 31.6 Å². The first-order valence-electron chi connectivity index (χ1n) is 7.60. The molecule has 22 heavy (non-hydrogen) atoms. The van der Waals surface area contributed by atoms with Gasteiger partial charge in [0.05, 0.1) is 5.75 Å². The summed E-state index contributed by atoms with van der Waals surface area (Å²) in [6.07, 6.45) is 2.43. The third kappa shape index (κ3) is 3.11. The van der Waals surface area contributed by atoms with Crippen molar-refractivity contribution < 1.29 is 14.0 Å². The highest BCUT2D eigenvalue weighted by Crippen LogP contribution is 2.39. The second-order valence-electron chi connectivity index (χ2n) is 5.61. The SMILES string of the molecule is O=C(CCN1C(=O)CSC1c1ccccc1F)N1CCCC1. The van der Waals surface area contributed by atoms with Crippen LogP contribution in [0.3, 0.4) is 0 Å². The smallest absolute Gasteiger partial charge is 0.233 e. The fraction of sp³-hybridized carbons (Fsp3) is 0.500. The van der Waals surface area contributed by atoms with Crippen LogP contribution in [0.2, 0.25) is 0 Å². The van der Waals surface area contributed by atoms with Gasteiger partial charge in [0.2, 0.25) is 11.8 Å². The Morgan fingerprint density at radius 1 is 1.27 bits per heavy atom. The summed E-state index contributed by atoms with van der Waals surface area (Å²) in [6, 6.07) is 6.53. The van der Waals surface area contributed by atoms with Gasteiger partial charge in [0.15, 0.2) is 0 Å². The fourth-order valence-corrected chi connectivity index (χ4v) is 4.21. The number of halogens is 1. The lowest BCUT2D eigenvalue weighted by Gasteiger charge is -2.25. The second-order valence-corrected chi connectivity index (χ2v) is 6.68. The van der Waals surface area contributed by atoms with Gasteiger partial charge >= 0.3 is 0 Å². The van der Waals surface area contributed by atoms with Crippen molar-refractivity contribution in [1.29, 1.82) is 0 Å². The molecule has 0 spiro atoms. The van der Waals surface area contributed by atoms with Crippen LogP contribution in [-0.4, -0.2) is 47.0 Å². The predicted octanol–water partition coefficient (Wildman–Crippen LogP) is 2.41. The van der Waals surface area contributed by atoms with E-state index in [4.69, 9.17) is 0 Å². The number of carbonyl (C=O) groups is 2. The maximum atomic E-state index is 14.0. The number of likely N-dealkylation sites (tertiary alicyclic amines) is 1. The van der Waals surface area contributed by atoms with Crippen molar-refractivity contribution in [2.45, 2.75) is 24.6 Å². The molecule has 118 valence electrons. The molecule has 1 aromatic carbocycles. The monoisotopic (exact) mass is 322 g/mol. The van der Waals surface area contributed by atoms with E-state index < -0.39 is 0 Å². The molecule has 0 aromatic heterocycles. The molecule has 2 heterocycles. The maximum absolute atomic E-state index is 14.0. The van der Waals surface area contributed by atoms with E-state index in [1.54, 1.807) is 23.1 Å². The molecule has 6 heteroatoms. The van der Waals surface area contributed by atoms with E-state index in [1.807, 2.05) is 4.90 Å². The highest BCUT2D eigenvalue weighted by atomic mass is 32.2. The number of thioether (sulfide) groups is 1. The first kappa shape index (κ1) is 15.3. The molecule has 3 rings (SSSR count). The number of benzene rings is 1. The van der Waals surface area contributed by atoms with Crippen LogP contribution in [0.5, 0.6) is 0 Å². The van der Waals surface area contributed by atoms with Crippen molar-refractivity contribution in [1.82, 2.24) is 9.80 Å². The molecule has 2 aliphatic rings. The molecule has 2 fully saturated rings. The standard InChI is InChI=1S/C16H19FN2O2S/c17-13-6-2-1-5-12(13)16-19(15(21)11-22-16)10-7-14(20)18-8-3-4-9-18/h1-2,5-6,16H,3-4,7-11H2. The minimum atomic E-state index is -0.319. The lowest BCUT2D eigenvalue weighted by atomic mass is 10.2. The molecule has 1 unspecified atom stereocenters. The highest BCUT2D eigenvalue weighted by molar-refractivity contribution is 8.00. The summed E-state index contributed by atoms with van der Waals surface area (Å²) < 4.78 is 14.0. The van der Waals surface area contributed by atoms with Crippen LogP contribution in [0, 0.1) is 5.82 Å². The van der Waals surface area contributed by atoms with Gasteiger partial charge in [-0.25, -0.2) is 4.39 Å². The van der Waals surface area contributed by atoms with E-state index in [9.17, 15) is 14.0 Å². The number of hydrogen-bond acceptors (Lipinski definition) is 3. The molecule has 0 aliphatic carbocycles. The summed E-state index contributed by atoms with van der Waals surface area (Å²) in [5.74, 6) is 0.115. The third-order valence-corrected chi connectivity index (χ3v) is 5.40. The first-order chi connectivity index (χ1) is 10.7. The van der Waals surface area contributed by atoms with Gasteiger partial charge in [-0.2, -0.15) is 0 Å². The quantitative estimate of drug-likeness (QED) is 0.855. The van der Waals surface area contributed by atoms with Gasteiger partial charge in [0.1, 0.15) is 11.2 Å². The highest BCUT2D eigenvalue weighted by Gasteiger charge is 2.34. The van der Waals surface area contributed by atoms with Crippen molar-refractivity contribution in [3.8, 4) is 0 Å². The van der Waals surface area contributed by atoms with Crippen LogP contribution in [-0.2, 0) is 9.59 Å². The van der Waals surface area contributed by atoms with Crippen molar-refractivity contribution in [3.63, 3.8) is 0 Å². The van der Waals surface area contributed by atoms with Crippen LogP contribution in [0.25, 0.3) is 0 Å².